The summed E-state index contributed by atoms with van der Waals surface area (Å²) in [4.78, 5) is 33.4. The molecule has 124 valence electrons. The van der Waals surface area contributed by atoms with Crippen LogP contribution in [0.25, 0.3) is 0 Å². The fraction of sp³-hybridized carbons (Fsp3) is 0.625. The van der Waals surface area contributed by atoms with Crippen LogP contribution in [0.3, 0.4) is 0 Å². The van der Waals surface area contributed by atoms with Crippen molar-refractivity contribution in [2.45, 2.75) is 57.0 Å². The van der Waals surface area contributed by atoms with Gasteiger partial charge in [0.15, 0.2) is 5.69 Å². The number of nitrogens with zero attached hydrogens (tertiary/aromatic N) is 3. The van der Waals surface area contributed by atoms with Crippen LogP contribution in [-0.2, 0) is 4.79 Å². The molecule has 1 aliphatic carbocycles. The summed E-state index contributed by atoms with van der Waals surface area (Å²) in [5.74, 6) is -0.535. The van der Waals surface area contributed by atoms with Crippen LogP contribution in [0, 0.1) is 0 Å². The van der Waals surface area contributed by atoms with Crippen molar-refractivity contribution < 1.29 is 14.7 Å². The molecule has 2 fully saturated rings. The largest absolute Gasteiger partial charge is 0.476 e. The highest BCUT2D eigenvalue weighted by atomic mass is 16.4. The first-order valence-corrected chi connectivity index (χ1v) is 8.27. The van der Waals surface area contributed by atoms with Crippen molar-refractivity contribution in [2.24, 2.45) is 0 Å². The van der Waals surface area contributed by atoms with Gasteiger partial charge in [-0.1, -0.05) is 19.3 Å². The Labute approximate surface area is 135 Å². The van der Waals surface area contributed by atoms with Crippen molar-refractivity contribution in [1.29, 1.82) is 0 Å². The fourth-order valence-electron chi connectivity index (χ4n) is 3.48. The van der Waals surface area contributed by atoms with Gasteiger partial charge < -0.3 is 15.3 Å². The van der Waals surface area contributed by atoms with E-state index in [9.17, 15) is 9.59 Å². The summed E-state index contributed by atoms with van der Waals surface area (Å²) in [7, 11) is 0. The summed E-state index contributed by atoms with van der Waals surface area (Å²) in [6, 6.07) is 0.0805. The van der Waals surface area contributed by atoms with Crippen LogP contribution >= 0.6 is 0 Å². The maximum Gasteiger partial charge on any atom is 0.356 e. The number of carbonyl (C=O) groups is 2. The van der Waals surface area contributed by atoms with Gasteiger partial charge in [0.1, 0.15) is 11.9 Å². The number of piperidine rings is 1. The maximum absolute atomic E-state index is 12.7. The van der Waals surface area contributed by atoms with Crippen LogP contribution in [-0.4, -0.2) is 50.5 Å². The zero-order chi connectivity index (χ0) is 16.2. The van der Waals surface area contributed by atoms with E-state index in [2.05, 4.69) is 15.3 Å². The number of carbonyl (C=O) groups excluding carboxylic acids is 1. The van der Waals surface area contributed by atoms with Crippen molar-refractivity contribution in [3.63, 3.8) is 0 Å². The van der Waals surface area contributed by atoms with Gasteiger partial charge in [-0.15, -0.1) is 0 Å². The molecule has 1 unspecified atom stereocenters. The molecule has 2 heterocycles. The Kier molecular flexibility index (Phi) is 4.73. The van der Waals surface area contributed by atoms with E-state index in [1.807, 2.05) is 4.90 Å². The van der Waals surface area contributed by atoms with Gasteiger partial charge in [-0.25, -0.2) is 14.8 Å². The number of aromatic nitrogens is 2. The van der Waals surface area contributed by atoms with Crippen LogP contribution < -0.4 is 5.32 Å². The van der Waals surface area contributed by atoms with Crippen LogP contribution in [0.5, 0.6) is 0 Å². The molecule has 0 radical (unpaired) electrons. The molecule has 1 atom stereocenters. The fourth-order valence-corrected chi connectivity index (χ4v) is 3.48. The lowest BCUT2D eigenvalue weighted by Crippen LogP contribution is -2.52. The Morgan fingerprint density at radius 3 is 2.57 bits per heavy atom. The predicted molar refractivity (Wildman–Crippen MR) is 84.2 cm³/mol. The topological polar surface area (TPSA) is 95.4 Å². The Morgan fingerprint density at radius 2 is 1.91 bits per heavy atom. The monoisotopic (exact) mass is 318 g/mol. The smallest absolute Gasteiger partial charge is 0.356 e. The number of aromatic carboxylic acids is 1. The van der Waals surface area contributed by atoms with Gasteiger partial charge in [-0.2, -0.15) is 0 Å². The minimum Gasteiger partial charge on any atom is -0.476 e. The third kappa shape index (κ3) is 3.60. The first-order valence-electron chi connectivity index (χ1n) is 8.27. The number of carboxylic acids is 1. The molecule has 1 amide bonds. The van der Waals surface area contributed by atoms with E-state index in [-0.39, 0.29) is 17.6 Å². The molecular weight excluding hydrogens is 296 g/mol. The first kappa shape index (κ1) is 15.7. The molecule has 1 saturated heterocycles. The number of nitrogens with one attached hydrogen (secondary N) is 1. The van der Waals surface area contributed by atoms with E-state index in [4.69, 9.17) is 5.11 Å². The van der Waals surface area contributed by atoms with Crippen LogP contribution in [0.15, 0.2) is 12.4 Å². The van der Waals surface area contributed by atoms with E-state index in [0.717, 1.165) is 32.2 Å². The highest BCUT2D eigenvalue weighted by Gasteiger charge is 2.33. The molecule has 0 bridgehead atoms. The molecule has 7 heteroatoms. The van der Waals surface area contributed by atoms with Crippen molar-refractivity contribution in [3.05, 3.63) is 18.1 Å². The Balaban J connectivity index is 1.64. The number of anilines is 1. The number of amides is 1. The summed E-state index contributed by atoms with van der Waals surface area (Å²) in [6.07, 6.45) is 10.2. The van der Waals surface area contributed by atoms with Gasteiger partial charge >= 0.3 is 5.97 Å². The van der Waals surface area contributed by atoms with Gasteiger partial charge in [-0.05, 0) is 25.7 Å². The summed E-state index contributed by atoms with van der Waals surface area (Å²) < 4.78 is 0. The minimum absolute atomic E-state index is 0.102. The summed E-state index contributed by atoms with van der Waals surface area (Å²) in [5.41, 5.74) is -0.102. The minimum atomic E-state index is -1.11. The van der Waals surface area contributed by atoms with Gasteiger partial charge in [-0.3, -0.25) is 4.79 Å². The molecule has 2 aliphatic rings. The second-order valence-electron chi connectivity index (χ2n) is 6.25. The molecule has 1 aromatic rings. The number of rotatable bonds is 4. The van der Waals surface area contributed by atoms with E-state index in [1.165, 1.54) is 31.7 Å². The molecule has 0 spiro atoms. The van der Waals surface area contributed by atoms with Gasteiger partial charge in [0, 0.05) is 12.6 Å². The standard InChI is InChI=1S/C16H22N4O3/c21-15-12(19-14-10-17-13(9-18-14)16(22)23)7-4-8-20(15)11-5-2-1-3-6-11/h9-12H,1-8H2,(H,18,19)(H,22,23). The predicted octanol–water partition coefficient (Wildman–Crippen LogP) is 1.91. The third-order valence-electron chi connectivity index (χ3n) is 4.68. The first-order chi connectivity index (χ1) is 11.1. The van der Waals surface area contributed by atoms with Crippen molar-refractivity contribution in [2.75, 3.05) is 11.9 Å². The number of hydrogen-bond donors (Lipinski definition) is 2. The van der Waals surface area contributed by atoms with E-state index in [1.54, 1.807) is 0 Å². The average Bonchev–Trinajstić information content (AvgIpc) is 2.58. The highest BCUT2D eigenvalue weighted by molar-refractivity contribution is 5.86. The van der Waals surface area contributed by atoms with E-state index >= 15 is 0 Å². The number of likely N-dealkylation sites (tertiary alicyclic amines) is 1. The lowest BCUT2D eigenvalue weighted by atomic mass is 9.91. The third-order valence-corrected chi connectivity index (χ3v) is 4.68. The van der Waals surface area contributed by atoms with E-state index < -0.39 is 5.97 Å². The second-order valence-corrected chi connectivity index (χ2v) is 6.25. The summed E-state index contributed by atoms with van der Waals surface area (Å²) in [6.45, 7) is 0.839. The van der Waals surface area contributed by atoms with Crippen molar-refractivity contribution in [3.8, 4) is 0 Å². The number of hydrogen-bond acceptors (Lipinski definition) is 5. The summed E-state index contributed by atoms with van der Waals surface area (Å²) in [5, 5.41) is 11.9. The molecule has 1 aromatic heterocycles. The Morgan fingerprint density at radius 1 is 1.13 bits per heavy atom. The molecular formula is C16H22N4O3. The molecule has 1 aliphatic heterocycles. The number of carboxylic acid groups (broad SMARTS) is 1. The van der Waals surface area contributed by atoms with Crippen molar-refractivity contribution >= 4 is 17.7 Å². The van der Waals surface area contributed by atoms with Gasteiger partial charge in [0.25, 0.3) is 0 Å². The van der Waals surface area contributed by atoms with E-state index in [0.29, 0.717) is 11.9 Å². The molecule has 7 nitrogen and oxygen atoms in total. The van der Waals surface area contributed by atoms with Gasteiger partial charge in [0.05, 0.1) is 12.4 Å². The Bertz CT molecular complexity index is 569. The highest BCUT2D eigenvalue weighted by Crippen LogP contribution is 2.26. The molecule has 23 heavy (non-hydrogen) atoms. The molecule has 1 saturated carbocycles. The SMILES string of the molecule is O=C(O)c1cnc(NC2CCCN(C3CCCCC3)C2=O)cn1. The maximum atomic E-state index is 12.7. The van der Waals surface area contributed by atoms with Crippen LogP contribution in [0.1, 0.15) is 55.4 Å². The van der Waals surface area contributed by atoms with Crippen molar-refractivity contribution in [1.82, 2.24) is 14.9 Å². The van der Waals surface area contributed by atoms with Crippen LogP contribution in [0.4, 0.5) is 5.82 Å². The normalized spacial score (nSPS) is 22.9. The average molecular weight is 318 g/mol. The Hall–Kier alpha value is -2.18. The lowest BCUT2D eigenvalue weighted by Gasteiger charge is -2.40. The van der Waals surface area contributed by atoms with Crippen LogP contribution in [0.2, 0.25) is 0 Å². The molecule has 0 aromatic carbocycles. The zero-order valence-corrected chi connectivity index (χ0v) is 13.1. The molecule has 3 rings (SSSR count). The summed E-state index contributed by atoms with van der Waals surface area (Å²) >= 11 is 0. The molecule has 2 N–H and O–H groups in total. The quantitative estimate of drug-likeness (QED) is 0.880. The lowest BCUT2D eigenvalue weighted by molar-refractivity contribution is -0.137. The zero-order valence-electron chi connectivity index (χ0n) is 13.1. The van der Waals surface area contributed by atoms with Gasteiger partial charge in [0.2, 0.25) is 5.91 Å². The second kappa shape index (κ2) is 6.93.